The fourth-order valence-corrected chi connectivity index (χ4v) is 2.75. The third kappa shape index (κ3) is 3.95. The van der Waals surface area contributed by atoms with Gasteiger partial charge in [-0.15, -0.1) is 12.4 Å². The SMILES string of the molecule is Cl.O=C(Cc1[nH]nc2ccccc12)NCCC1CCNC1. The predicted molar refractivity (Wildman–Crippen MR) is 85.6 cm³/mol. The van der Waals surface area contributed by atoms with Crippen LogP contribution in [0, 0.1) is 5.92 Å². The highest BCUT2D eigenvalue weighted by atomic mass is 35.5. The summed E-state index contributed by atoms with van der Waals surface area (Å²) in [6.07, 6.45) is 2.65. The molecule has 1 unspecified atom stereocenters. The third-order valence-electron chi connectivity index (χ3n) is 3.91. The molecule has 1 saturated heterocycles. The number of H-pyrrole nitrogens is 1. The molecule has 0 spiro atoms. The van der Waals surface area contributed by atoms with Crippen LogP contribution in [0.1, 0.15) is 18.5 Å². The summed E-state index contributed by atoms with van der Waals surface area (Å²) in [6, 6.07) is 7.85. The monoisotopic (exact) mass is 308 g/mol. The second kappa shape index (κ2) is 7.43. The Kier molecular flexibility index (Phi) is 5.59. The van der Waals surface area contributed by atoms with E-state index in [1.54, 1.807) is 0 Å². The molecule has 2 aromatic rings. The smallest absolute Gasteiger partial charge is 0.226 e. The van der Waals surface area contributed by atoms with Crippen molar-refractivity contribution in [3.63, 3.8) is 0 Å². The van der Waals surface area contributed by atoms with Gasteiger partial charge in [0, 0.05) is 11.9 Å². The van der Waals surface area contributed by atoms with Gasteiger partial charge in [-0.3, -0.25) is 9.89 Å². The molecular formula is C15H21ClN4O. The number of rotatable bonds is 5. The molecule has 5 nitrogen and oxygen atoms in total. The van der Waals surface area contributed by atoms with E-state index in [1.807, 2.05) is 24.3 Å². The van der Waals surface area contributed by atoms with E-state index in [0.717, 1.165) is 42.7 Å². The van der Waals surface area contributed by atoms with E-state index < -0.39 is 0 Å². The molecule has 1 aliphatic rings. The molecular weight excluding hydrogens is 288 g/mol. The highest BCUT2D eigenvalue weighted by Gasteiger charge is 2.14. The summed E-state index contributed by atoms with van der Waals surface area (Å²) < 4.78 is 0. The van der Waals surface area contributed by atoms with Gasteiger partial charge in [0.15, 0.2) is 0 Å². The van der Waals surface area contributed by atoms with Crippen molar-refractivity contribution in [1.29, 1.82) is 0 Å². The number of nitrogens with one attached hydrogen (secondary N) is 3. The summed E-state index contributed by atoms with van der Waals surface area (Å²) in [5, 5.41) is 14.5. The van der Waals surface area contributed by atoms with Gasteiger partial charge in [0.05, 0.1) is 17.6 Å². The number of aromatic nitrogens is 2. The number of aromatic amines is 1. The predicted octanol–water partition coefficient (Wildman–Crippen LogP) is 1.64. The summed E-state index contributed by atoms with van der Waals surface area (Å²) in [5.74, 6) is 0.772. The maximum Gasteiger partial charge on any atom is 0.226 e. The Bertz CT molecular complexity index is 592. The number of benzene rings is 1. The minimum absolute atomic E-state index is 0. The Balaban J connectivity index is 0.00000161. The normalized spacial score (nSPS) is 17.6. The van der Waals surface area contributed by atoms with Gasteiger partial charge in [-0.2, -0.15) is 5.10 Å². The first kappa shape index (κ1) is 15.8. The lowest BCUT2D eigenvalue weighted by Crippen LogP contribution is -2.28. The lowest BCUT2D eigenvalue weighted by Gasteiger charge is -2.09. The second-order valence-corrected chi connectivity index (χ2v) is 5.39. The quantitative estimate of drug-likeness (QED) is 0.786. The number of hydrogen-bond donors (Lipinski definition) is 3. The molecule has 0 bridgehead atoms. The molecule has 0 saturated carbocycles. The standard InChI is InChI=1S/C15H20N4O.ClH/c20-15(17-8-6-11-5-7-16-10-11)9-14-12-3-1-2-4-13(12)18-19-14;/h1-4,11,16H,5-10H2,(H,17,20)(H,18,19);1H. The minimum atomic E-state index is 0. The number of halogens is 1. The first-order valence-electron chi connectivity index (χ1n) is 7.22. The van der Waals surface area contributed by atoms with E-state index in [4.69, 9.17) is 0 Å². The van der Waals surface area contributed by atoms with Crippen LogP contribution in [-0.2, 0) is 11.2 Å². The van der Waals surface area contributed by atoms with Crippen molar-refractivity contribution in [1.82, 2.24) is 20.8 Å². The van der Waals surface area contributed by atoms with Crippen LogP contribution in [-0.4, -0.2) is 35.7 Å². The summed E-state index contributed by atoms with van der Waals surface area (Å²) in [5.41, 5.74) is 1.80. The summed E-state index contributed by atoms with van der Waals surface area (Å²) in [4.78, 5) is 12.0. The molecule has 1 aromatic carbocycles. The van der Waals surface area contributed by atoms with Crippen molar-refractivity contribution in [2.75, 3.05) is 19.6 Å². The van der Waals surface area contributed by atoms with Crippen LogP contribution in [0.5, 0.6) is 0 Å². The Morgan fingerprint density at radius 2 is 2.24 bits per heavy atom. The molecule has 1 fully saturated rings. The number of nitrogens with zero attached hydrogens (tertiary/aromatic N) is 1. The van der Waals surface area contributed by atoms with Crippen LogP contribution >= 0.6 is 12.4 Å². The molecule has 114 valence electrons. The molecule has 3 N–H and O–H groups in total. The van der Waals surface area contributed by atoms with Gasteiger partial charge >= 0.3 is 0 Å². The fourth-order valence-electron chi connectivity index (χ4n) is 2.75. The van der Waals surface area contributed by atoms with Gasteiger partial charge in [-0.1, -0.05) is 18.2 Å². The van der Waals surface area contributed by atoms with E-state index in [2.05, 4.69) is 20.8 Å². The van der Waals surface area contributed by atoms with Gasteiger partial charge in [0.25, 0.3) is 0 Å². The van der Waals surface area contributed by atoms with Crippen molar-refractivity contribution in [3.8, 4) is 0 Å². The average Bonchev–Trinajstić information content (AvgIpc) is 3.09. The molecule has 6 heteroatoms. The van der Waals surface area contributed by atoms with Crippen molar-refractivity contribution in [2.45, 2.75) is 19.3 Å². The zero-order valence-electron chi connectivity index (χ0n) is 11.9. The van der Waals surface area contributed by atoms with Crippen LogP contribution < -0.4 is 10.6 Å². The number of carbonyl (C=O) groups excluding carboxylic acids is 1. The zero-order chi connectivity index (χ0) is 13.8. The van der Waals surface area contributed by atoms with Gasteiger partial charge < -0.3 is 10.6 Å². The van der Waals surface area contributed by atoms with Crippen LogP contribution in [0.25, 0.3) is 10.9 Å². The minimum Gasteiger partial charge on any atom is -0.356 e. The van der Waals surface area contributed by atoms with Crippen LogP contribution in [0.3, 0.4) is 0 Å². The van der Waals surface area contributed by atoms with E-state index >= 15 is 0 Å². The molecule has 1 aliphatic heterocycles. The summed E-state index contributed by atoms with van der Waals surface area (Å²) in [6.45, 7) is 2.96. The molecule has 2 heterocycles. The number of para-hydroxylation sites is 1. The Morgan fingerprint density at radius 1 is 1.38 bits per heavy atom. The fraction of sp³-hybridized carbons (Fsp3) is 0.467. The topological polar surface area (TPSA) is 69.8 Å². The molecule has 21 heavy (non-hydrogen) atoms. The zero-order valence-corrected chi connectivity index (χ0v) is 12.7. The lowest BCUT2D eigenvalue weighted by atomic mass is 10.1. The maximum absolute atomic E-state index is 12.0. The van der Waals surface area contributed by atoms with Crippen molar-refractivity contribution in [2.24, 2.45) is 5.92 Å². The van der Waals surface area contributed by atoms with Gasteiger partial charge in [-0.05, 0) is 37.9 Å². The van der Waals surface area contributed by atoms with Gasteiger partial charge in [0.2, 0.25) is 5.91 Å². The number of fused-ring (bicyclic) bond motifs is 1. The third-order valence-corrected chi connectivity index (χ3v) is 3.91. The van der Waals surface area contributed by atoms with E-state index in [1.165, 1.54) is 6.42 Å². The van der Waals surface area contributed by atoms with E-state index in [-0.39, 0.29) is 18.3 Å². The van der Waals surface area contributed by atoms with Crippen LogP contribution in [0.15, 0.2) is 24.3 Å². The van der Waals surface area contributed by atoms with E-state index in [0.29, 0.717) is 12.3 Å². The molecule has 0 radical (unpaired) electrons. The molecule has 1 aromatic heterocycles. The van der Waals surface area contributed by atoms with Crippen molar-refractivity contribution in [3.05, 3.63) is 30.0 Å². The van der Waals surface area contributed by atoms with Crippen molar-refractivity contribution < 1.29 is 4.79 Å². The largest absolute Gasteiger partial charge is 0.356 e. The Labute approximate surface area is 130 Å². The maximum atomic E-state index is 12.0. The highest BCUT2D eigenvalue weighted by molar-refractivity contribution is 5.87. The van der Waals surface area contributed by atoms with Crippen LogP contribution in [0.2, 0.25) is 0 Å². The van der Waals surface area contributed by atoms with Gasteiger partial charge in [0.1, 0.15) is 0 Å². The molecule has 1 amide bonds. The molecule has 3 rings (SSSR count). The van der Waals surface area contributed by atoms with Crippen molar-refractivity contribution >= 4 is 29.2 Å². The Morgan fingerprint density at radius 3 is 3.05 bits per heavy atom. The van der Waals surface area contributed by atoms with E-state index in [9.17, 15) is 4.79 Å². The number of hydrogen-bond acceptors (Lipinski definition) is 3. The number of amides is 1. The summed E-state index contributed by atoms with van der Waals surface area (Å²) >= 11 is 0. The molecule has 1 atom stereocenters. The average molecular weight is 309 g/mol. The first-order chi connectivity index (χ1) is 9.83. The highest BCUT2D eigenvalue weighted by Crippen LogP contribution is 2.15. The second-order valence-electron chi connectivity index (χ2n) is 5.39. The summed E-state index contributed by atoms with van der Waals surface area (Å²) in [7, 11) is 0. The first-order valence-corrected chi connectivity index (χ1v) is 7.22. The lowest BCUT2D eigenvalue weighted by molar-refractivity contribution is -0.120. The number of carbonyl (C=O) groups is 1. The molecule has 0 aliphatic carbocycles. The Hall–Kier alpha value is -1.59. The van der Waals surface area contributed by atoms with Crippen LogP contribution in [0.4, 0.5) is 0 Å². The van der Waals surface area contributed by atoms with Gasteiger partial charge in [-0.25, -0.2) is 0 Å².